The minimum atomic E-state index is 0.0565. The summed E-state index contributed by atoms with van der Waals surface area (Å²) in [5.41, 5.74) is 1.02. The third kappa shape index (κ3) is 3.42. The predicted octanol–water partition coefficient (Wildman–Crippen LogP) is 2.37. The SMILES string of the molecule is COc1ccc(Cl)cc1CCN(C)C(C)=O. The van der Waals surface area contributed by atoms with Crippen molar-refractivity contribution in [1.29, 1.82) is 0 Å². The normalized spacial score (nSPS) is 10.0. The van der Waals surface area contributed by atoms with Crippen LogP contribution in [-0.4, -0.2) is 31.5 Å². The number of nitrogens with zero attached hydrogens (tertiary/aromatic N) is 1. The fourth-order valence-corrected chi connectivity index (χ4v) is 1.58. The Morgan fingerprint density at radius 1 is 1.50 bits per heavy atom. The lowest BCUT2D eigenvalue weighted by molar-refractivity contribution is -0.127. The van der Waals surface area contributed by atoms with Crippen LogP contribution in [0.5, 0.6) is 5.75 Å². The third-order valence-electron chi connectivity index (χ3n) is 2.50. The molecular formula is C12H16ClNO2. The fraction of sp³-hybridized carbons (Fsp3) is 0.417. The molecule has 0 heterocycles. The maximum Gasteiger partial charge on any atom is 0.219 e. The first-order valence-corrected chi connectivity index (χ1v) is 5.46. The number of ether oxygens (including phenoxy) is 1. The van der Waals surface area contributed by atoms with Crippen LogP contribution in [-0.2, 0) is 11.2 Å². The molecule has 0 unspecified atom stereocenters. The second-order valence-corrected chi connectivity index (χ2v) is 4.08. The lowest BCUT2D eigenvalue weighted by Gasteiger charge is -2.16. The van der Waals surface area contributed by atoms with Crippen LogP contribution in [0.4, 0.5) is 0 Å². The molecule has 0 fully saturated rings. The molecule has 1 rings (SSSR count). The Hall–Kier alpha value is -1.22. The van der Waals surface area contributed by atoms with Gasteiger partial charge in [-0.2, -0.15) is 0 Å². The van der Waals surface area contributed by atoms with Gasteiger partial charge in [-0.15, -0.1) is 0 Å². The third-order valence-corrected chi connectivity index (χ3v) is 2.73. The van der Waals surface area contributed by atoms with Gasteiger partial charge in [0.05, 0.1) is 7.11 Å². The van der Waals surface area contributed by atoms with E-state index in [1.165, 1.54) is 0 Å². The Balaban J connectivity index is 2.72. The number of methoxy groups -OCH3 is 1. The zero-order valence-corrected chi connectivity index (χ0v) is 10.5. The van der Waals surface area contributed by atoms with Crippen molar-refractivity contribution in [2.75, 3.05) is 20.7 Å². The molecule has 0 atom stereocenters. The number of benzene rings is 1. The molecule has 1 aromatic carbocycles. The molecule has 16 heavy (non-hydrogen) atoms. The van der Waals surface area contributed by atoms with Crippen molar-refractivity contribution in [3.05, 3.63) is 28.8 Å². The summed E-state index contributed by atoms with van der Waals surface area (Å²) in [6.45, 7) is 2.21. The Morgan fingerprint density at radius 2 is 2.19 bits per heavy atom. The van der Waals surface area contributed by atoms with Gasteiger partial charge in [0.25, 0.3) is 0 Å². The summed E-state index contributed by atoms with van der Waals surface area (Å²) in [5.74, 6) is 0.863. The number of hydrogen-bond donors (Lipinski definition) is 0. The molecule has 0 saturated heterocycles. The first-order valence-electron chi connectivity index (χ1n) is 5.08. The van der Waals surface area contributed by atoms with Gasteiger partial charge in [-0.25, -0.2) is 0 Å². The van der Waals surface area contributed by atoms with E-state index in [1.807, 2.05) is 12.1 Å². The number of hydrogen-bond acceptors (Lipinski definition) is 2. The molecule has 0 radical (unpaired) electrons. The van der Waals surface area contributed by atoms with E-state index in [2.05, 4.69) is 0 Å². The largest absolute Gasteiger partial charge is 0.496 e. The van der Waals surface area contributed by atoms with Crippen molar-refractivity contribution in [1.82, 2.24) is 4.90 Å². The van der Waals surface area contributed by atoms with Crippen LogP contribution in [0.3, 0.4) is 0 Å². The van der Waals surface area contributed by atoms with Gasteiger partial charge < -0.3 is 9.64 Å². The van der Waals surface area contributed by atoms with Crippen LogP contribution in [0.15, 0.2) is 18.2 Å². The molecule has 3 nitrogen and oxygen atoms in total. The summed E-state index contributed by atoms with van der Waals surface area (Å²) < 4.78 is 5.23. The predicted molar refractivity (Wildman–Crippen MR) is 65.0 cm³/mol. The van der Waals surface area contributed by atoms with Crippen molar-refractivity contribution in [3.8, 4) is 5.75 Å². The highest BCUT2D eigenvalue weighted by Gasteiger charge is 2.07. The molecule has 1 aromatic rings. The van der Waals surface area contributed by atoms with Crippen molar-refractivity contribution >= 4 is 17.5 Å². The molecule has 88 valence electrons. The Bertz CT molecular complexity index is 379. The van der Waals surface area contributed by atoms with Crippen LogP contribution in [0.1, 0.15) is 12.5 Å². The van der Waals surface area contributed by atoms with Gasteiger partial charge in [0, 0.05) is 25.5 Å². The molecule has 0 aromatic heterocycles. The summed E-state index contributed by atoms with van der Waals surface area (Å²) in [7, 11) is 3.40. The molecule has 0 aliphatic heterocycles. The van der Waals surface area contributed by atoms with E-state index in [0.717, 1.165) is 17.7 Å². The molecule has 1 amide bonds. The van der Waals surface area contributed by atoms with Crippen molar-refractivity contribution in [2.24, 2.45) is 0 Å². The summed E-state index contributed by atoms with van der Waals surface area (Å²) in [6, 6.07) is 5.50. The van der Waals surface area contributed by atoms with Crippen molar-refractivity contribution in [3.63, 3.8) is 0 Å². The monoisotopic (exact) mass is 241 g/mol. The molecule has 4 heteroatoms. The second-order valence-electron chi connectivity index (χ2n) is 3.65. The molecule has 0 spiro atoms. The topological polar surface area (TPSA) is 29.5 Å². The highest BCUT2D eigenvalue weighted by molar-refractivity contribution is 6.30. The zero-order valence-electron chi connectivity index (χ0n) is 9.79. The number of carbonyl (C=O) groups excluding carboxylic acids is 1. The average Bonchev–Trinajstić information content (AvgIpc) is 2.25. The smallest absolute Gasteiger partial charge is 0.219 e. The first kappa shape index (κ1) is 12.8. The molecule has 0 saturated carbocycles. The van der Waals surface area contributed by atoms with E-state index < -0.39 is 0 Å². The maximum atomic E-state index is 11.1. The molecule has 0 aliphatic rings. The summed E-state index contributed by atoms with van der Waals surface area (Å²) in [6.07, 6.45) is 0.736. The minimum absolute atomic E-state index is 0.0565. The lowest BCUT2D eigenvalue weighted by atomic mass is 10.1. The van der Waals surface area contributed by atoms with Gasteiger partial charge in [0.15, 0.2) is 0 Å². The van der Waals surface area contributed by atoms with Gasteiger partial charge >= 0.3 is 0 Å². The number of rotatable bonds is 4. The highest BCUT2D eigenvalue weighted by atomic mass is 35.5. The Kier molecular flexibility index (Phi) is 4.62. The highest BCUT2D eigenvalue weighted by Crippen LogP contribution is 2.23. The van der Waals surface area contributed by atoms with Crippen LogP contribution in [0.2, 0.25) is 5.02 Å². The van der Waals surface area contributed by atoms with Crippen LogP contribution < -0.4 is 4.74 Å². The summed E-state index contributed by atoms with van der Waals surface area (Å²) >= 11 is 5.92. The van der Waals surface area contributed by atoms with E-state index in [-0.39, 0.29) is 5.91 Å². The number of amides is 1. The van der Waals surface area contributed by atoms with E-state index >= 15 is 0 Å². The van der Waals surface area contributed by atoms with Crippen molar-refractivity contribution in [2.45, 2.75) is 13.3 Å². The van der Waals surface area contributed by atoms with Gasteiger partial charge in [0.1, 0.15) is 5.75 Å². The lowest BCUT2D eigenvalue weighted by Crippen LogP contribution is -2.26. The first-order chi connectivity index (χ1) is 7.54. The number of likely N-dealkylation sites (N-methyl/N-ethyl adjacent to an activating group) is 1. The van der Waals surface area contributed by atoms with Gasteiger partial charge in [-0.05, 0) is 30.2 Å². The molecule has 0 N–H and O–H groups in total. The minimum Gasteiger partial charge on any atom is -0.496 e. The van der Waals surface area contributed by atoms with Crippen molar-refractivity contribution < 1.29 is 9.53 Å². The fourth-order valence-electron chi connectivity index (χ4n) is 1.39. The van der Waals surface area contributed by atoms with Gasteiger partial charge in [0.2, 0.25) is 5.91 Å². The van der Waals surface area contributed by atoms with Crippen LogP contribution in [0.25, 0.3) is 0 Å². The molecule has 0 bridgehead atoms. The maximum absolute atomic E-state index is 11.1. The summed E-state index contributed by atoms with van der Waals surface area (Å²) in [5, 5.41) is 0.682. The molecule has 0 aliphatic carbocycles. The Morgan fingerprint density at radius 3 is 2.75 bits per heavy atom. The van der Waals surface area contributed by atoms with Gasteiger partial charge in [-0.3, -0.25) is 4.79 Å². The summed E-state index contributed by atoms with van der Waals surface area (Å²) in [4.78, 5) is 12.7. The van der Waals surface area contributed by atoms with E-state index in [1.54, 1.807) is 32.0 Å². The van der Waals surface area contributed by atoms with E-state index in [9.17, 15) is 4.79 Å². The zero-order chi connectivity index (χ0) is 12.1. The quantitative estimate of drug-likeness (QED) is 0.810. The average molecular weight is 242 g/mol. The van der Waals surface area contributed by atoms with Gasteiger partial charge in [-0.1, -0.05) is 11.6 Å². The van der Waals surface area contributed by atoms with Crippen LogP contribution in [0, 0.1) is 0 Å². The number of halogens is 1. The van der Waals surface area contributed by atoms with E-state index in [4.69, 9.17) is 16.3 Å². The number of carbonyl (C=O) groups is 1. The van der Waals surface area contributed by atoms with E-state index in [0.29, 0.717) is 11.6 Å². The molecular weight excluding hydrogens is 226 g/mol. The standard InChI is InChI=1S/C12H16ClNO2/c1-9(15)14(2)7-6-10-8-11(13)4-5-12(10)16-3/h4-5,8H,6-7H2,1-3H3. The van der Waals surface area contributed by atoms with Crippen LogP contribution >= 0.6 is 11.6 Å². The second kappa shape index (κ2) is 5.75. The Labute approximate surface area is 101 Å².